The zero-order valence-electron chi connectivity index (χ0n) is 10.8. The smallest absolute Gasteiger partial charge is 0.303 e. The molecular weight excluding hydrogens is 247 g/mol. The van der Waals surface area contributed by atoms with E-state index in [1.165, 1.54) is 32.1 Å². The molecule has 0 aliphatic carbocycles. The van der Waals surface area contributed by atoms with Crippen LogP contribution in [0.15, 0.2) is 0 Å². The molecule has 0 bridgehead atoms. The fourth-order valence-electron chi connectivity index (χ4n) is 0.891. The van der Waals surface area contributed by atoms with Gasteiger partial charge in [-0.15, -0.1) is 23.2 Å². The van der Waals surface area contributed by atoms with Crippen molar-refractivity contribution in [3.8, 4) is 0 Å². The average molecular weight is 273 g/mol. The van der Waals surface area contributed by atoms with Gasteiger partial charge in [0.1, 0.15) is 0 Å². The lowest BCUT2D eigenvalue weighted by molar-refractivity contribution is -0.137. The van der Waals surface area contributed by atoms with Crippen molar-refractivity contribution in [2.75, 3.05) is 5.34 Å². The van der Waals surface area contributed by atoms with E-state index >= 15 is 0 Å². The van der Waals surface area contributed by atoms with Crippen LogP contribution < -0.4 is 0 Å². The van der Waals surface area contributed by atoms with E-state index in [1.54, 1.807) is 0 Å². The van der Waals surface area contributed by atoms with Crippen molar-refractivity contribution in [3.05, 3.63) is 0 Å². The highest BCUT2D eigenvalue weighted by Crippen LogP contribution is 2.00. The lowest BCUT2D eigenvalue weighted by Gasteiger charge is -1.90. The van der Waals surface area contributed by atoms with E-state index in [9.17, 15) is 4.79 Å². The van der Waals surface area contributed by atoms with Crippen LogP contribution in [-0.4, -0.2) is 16.4 Å². The van der Waals surface area contributed by atoms with Crippen molar-refractivity contribution in [1.29, 1.82) is 0 Å². The fourth-order valence-corrected chi connectivity index (χ4v) is 0.891. The van der Waals surface area contributed by atoms with Gasteiger partial charge in [0.2, 0.25) is 0 Å². The molecule has 0 atom stereocenters. The molecule has 0 saturated carbocycles. The molecule has 0 radical (unpaired) electrons. The highest BCUT2D eigenvalue weighted by molar-refractivity contribution is 6.40. The Balaban J connectivity index is -0.000000172. The first-order valence-corrected chi connectivity index (χ1v) is 7.01. The van der Waals surface area contributed by atoms with Gasteiger partial charge in [0.15, 0.2) is 0 Å². The molecule has 0 unspecified atom stereocenters. The van der Waals surface area contributed by atoms with Gasteiger partial charge in [-0.25, -0.2) is 0 Å². The Labute approximate surface area is 110 Å². The Morgan fingerprint density at radius 2 is 1.31 bits per heavy atom. The van der Waals surface area contributed by atoms with Gasteiger partial charge in [-0.2, -0.15) is 0 Å². The third-order valence-corrected chi connectivity index (χ3v) is 1.67. The van der Waals surface area contributed by atoms with Gasteiger partial charge < -0.3 is 5.11 Å². The summed E-state index contributed by atoms with van der Waals surface area (Å²) < 4.78 is 0. The Hall–Kier alpha value is 0.0500. The van der Waals surface area contributed by atoms with Crippen LogP contribution in [-0.2, 0) is 4.79 Å². The van der Waals surface area contributed by atoms with E-state index in [-0.39, 0.29) is 5.34 Å². The number of hydrogen-bond donors (Lipinski definition) is 1. The minimum Gasteiger partial charge on any atom is -0.481 e. The predicted molar refractivity (Wildman–Crippen MR) is 73.5 cm³/mol. The first kappa shape index (κ1) is 21.3. The second kappa shape index (κ2) is 24.3. The number of carboxylic acids is 1. The summed E-state index contributed by atoms with van der Waals surface area (Å²) in [6.45, 7) is 6.33. The molecule has 4 heteroatoms. The number of carbonyl (C=O) groups is 1. The van der Waals surface area contributed by atoms with Gasteiger partial charge in [-0.1, -0.05) is 52.9 Å². The molecule has 0 aliphatic heterocycles. The molecule has 0 saturated heterocycles. The molecular formula is C12H26Cl2O2. The molecule has 0 aliphatic rings. The maximum absolute atomic E-state index is 9.60. The van der Waals surface area contributed by atoms with E-state index in [1.807, 2.05) is 6.92 Å². The third-order valence-electron chi connectivity index (χ3n) is 1.67. The summed E-state index contributed by atoms with van der Waals surface area (Å²) in [6.07, 6.45) is 8.03. The summed E-state index contributed by atoms with van der Waals surface area (Å²) in [5.74, 6) is -0.711. The molecule has 1 N–H and O–H groups in total. The minimum absolute atomic E-state index is 0.194. The normalized spacial score (nSPS) is 8.31. The fraction of sp³-hybridized carbons (Fsp3) is 0.917. The van der Waals surface area contributed by atoms with Crippen LogP contribution in [0.4, 0.5) is 0 Å². The summed E-state index contributed by atoms with van der Waals surface area (Å²) in [5, 5.41) is 8.11. The van der Waals surface area contributed by atoms with Crippen LogP contribution in [0.1, 0.15) is 65.7 Å². The lowest BCUT2D eigenvalue weighted by atomic mass is 10.2. The molecule has 0 aromatic rings. The Morgan fingerprint density at radius 3 is 1.44 bits per heavy atom. The van der Waals surface area contributed by atoms with E-state index in [2.05, 4.69) is 13.8 Å². The highest BCUT2D eigenvalue weighted by Gasteiger charge is 1.87. The summed E-state index contributed by atoms with van der Waals surface area (Å²) in [6, 6.07) is 0. The molecule has 0 aromatic heterocycles. The molecule has 100 valence electrons. The first-order chi connectivity index (χ1) is 7.60. The summed E-state index contributed by atoms with van der Waals surface area (Å²) in [5.41, 5.74) is 0. The maximum Gasteiger partial charge on any atom is 0.303 e. The van der Waals surface area contributed by atoms with Crippen LogP contribution in [0.5, 0.6) is 0 Å². The average Bonchev–Trinajstić information content (AvgIpc) is 2.20. The molecule has 0 heterocycles. The van der Waals surface area contributed by atoms with Crippen molar-refractivity contribution in [2.24, 2.45) is 0 Å². The molecule has 0 aromatic carbocycles. The van der Waals surface area contributed by atoms with Crippen LogP contribution >= 0.6 is 23.2 Å². The largest absolute Gasteiger partial charge is 0.481 e. The van der Waals surface area contributed by atoms with Gasteiger partial charge in [-0.05, 0) is 6.42 Å². The summed E-state index contributed by atoms with van der Waals surface area (Å²) in [7, 11) is 0. The Kier molecular flexibility index (Phi) is 32.5. The molecule has 0 fully saturated rings. The van der Waals surface area contributed by atoms with E-state index in [0.717, 1.165) is 6.42 Å². The van der Waals surface area contributed by atoms with Gasteiger partial charge >= 0.3 is 5.97 Å². The SMILES string of the molecule is CCCC(=O)O.CCCCCCC.ClCCl. The summed E-state index contributed by atoms with van der Waals surface area (Å²) in [4.78, 5) is 9.60. The van der Waals surface area contributed by atoms with Crippen molar-refractivity contribution in [1.82, 2.24) is 0 Å². The van der Waals surface area contributed by atoms with Crippen molar-refractivity contribution in [2.45, 2.75) is 65.7 Å². The maximum atomic E-state index is 9.60. The van der Waals surface area contributed by atoms with Crippen molar-refractivity contribution < 1.29 is 9.90 Å². The van der Waals surface area contributed by atoms with E-state index in [0.29, 0.717) is 6.42 Å². The van der Waals surface area contributed by atoms with Crippen LogP contribution in [0.25, 0.3) is 0 Å². The van der Waals surface area contributed by atoms with Crippen LogP contribution in [0.2, 0.25) is 0 Å². The van der Waals surface area contributed by atoms with Crippen LogP contribution in [0, 0.1) is 0 Å². The van der Waals surface area contributed by atoms with Gasteiger partial charge in [0, 0.05) is 6.42 Å². The molecule has 2 nitrogen and oxygen atoms in total. The number of aliphatic carboxylic acids is 1. The van der Waals surface area contributed by atoms with Crippen molar-refractivity contribution >= 4 is 29.2 Å². The van der Waals surface area contributed by atoms with Crippen LogP contribution in [0.3, 0.4) is 0 Å². The Morgan fingerprint density at radius 1 is 0.938 bits per heavy atom. The highest BCUT2D eigenvalue weighted by atomic mass is 35.5. The van der Waals surface area contributed by atoms with Gasteiger partial charge in [-0.3, -0.25) is 4.79 Å². The third kappa shape index (κ3) is 48.1. The first-order valence-electron chi connectivity index (χ1n) is 5.94. The zero-order valence-corrected chi connectivity index (χ0v) is 12.3. The van der Waals surface area contributed by atoms with Crippen molar-refractivity contribution in [3.63, 3.8) is 0 Å². The second-order valence-electron chi connectivity index (χ2n) is 3.31. The molecule has 16 heavy (non-hydrogen) atoms. The number of rotatable bonds is 6. The van der Waals surface area contributed by atoms with E-state index < -0.39 is 5.97 Å². The molecule has 0 spiro atoms. The topological polar surface area (TPSA) is 37.3 Å². The quantitative estimate of drug-likeness (QED) is 0.528. The number of alkyl halides is 2. The second-order valence-corrected chi connectivity index (χ2v) is 4.11. The van der Waals surface area contributed by atoms with Gasteiger partial charge in [0.05, 0.1) is 5.34 Å². The summed E-state index contributed by atoms with van der Waals surface area (Å²) >= 11 is 9.53. The number of carboxylic acid groups (broad SMARTS) is 1. The zero-order chi connectivity index (χ0) is 13.2. The standard InChI is InChI=1S/C7H16.C4H8O2.CH2Cl2/c1-3-5-7-6-4-2;1-2-3-4(5)6;2-1-3/h3-7H2,1-2H3;2-3H2,1H3,(H,5,6);1H2. The minimum atomic E-state index is -0.711. The monoisotopic (exact) mass is 272 g/mol. The van der Waals surface area contributed by atoms with Gasteiger partial charge in [0.25, 0.3) is 0 Å². The lowest BCUT2D eigenvalue weighted by Crippen LogP contribution is -1.90. The molecule has 0 amide bonds. The number of unbranched alkanes of at least 4 members (excludes halogenated alkanes) is 4. The number of halogens is 2. The van der Waals surface area contributed by atoms with E-state index in [4.69, 9.17) is 28.3 Å². The molecule has 0 rings (SSSR count). The predicted octanol–water partition coefficient (Wildman–Crippen LogP) is 5.27. The Bertz CT molecular complexity index is 116. The number of hydrogen-bond acceptors (Lipinski definition) is 1.